The summed E-state index contributed by atoms with van der Waals surface area (Å²) >= 11 is 0. The number of anilines is 1. The highest BCUT2D eigenvalue weighted by atomic mass is 32.2. The number of sulfonamides is 1. The number of rotatable bonds is 8. The molecule has 13 heteroatoms. The minimum Gasteiger partial charge on any atom is -0.449 e. The fourth-order valence-electron chi connectivity index (χ4n) is 3.01. The van der Waals surface area contributed by atoms with Gasteiger partial charge in [-0.25, -0.2) is 13.2 Å². The molecule has 2 heterocycles. The van der Waals surface area contributed by atoms with E-state index in [9.17, 15) is 23.3 Å². The first kappa shape index (κ1) is 23.5. The second-order valence-electron chi connectivity index (χ2n) is 7.15. The van der Waals surface area contributed by atoms with Crippen LogP contribution in [0.3, 0.4) is 0 Å². The highest BCUT2D eigenvalue weighted by Gasteiger charge is 2.24. The number of nitrogens with one attached hydrogen (secondary N) is 1. The zero-order valence-corrected chi connectivity index (χ0v) is 18.9. The molecule has 0 aliphatic heterocycles. The number of nitro groups is 1. The van der Waals surface area contributed by atoms with Crippen LogP contribution < -0.4 is 4.72 Å². The minimum atomic E-state index is -4.24. The van der Waals surface area contributed by atoms with Crippen LogP contribution in [-0.4, -0.2) is 34.4 Å². The number of ether oxygens (including phenoxy) is 1. The maximum atomic E-state index is 12.8. The molecule has 12 nitrogen and oxygen atoms in total. The summed E-state index contributed by atoms with van der Waals surface area (Å²) in [6.07, 6.45) is 2.20. The van der Waals surface area contributed by atoms with E-state index in [2.05, 4.69) is 19.8 Å². The monoisotopic (exact) mass is 495 g/mol. The topological polar surface area (TPSA) is 167 Å². The van der Waals surface area contributed by atoms with Crippen molar-refractivity contribution in [1.82, 2.24) is 15.1 Å². The van der Waals surface area contributed by atoms with Crippen molar-refractivity contribution in [3.8, 4) is 11.4 Å². The number of benzene rings is 2. The number of carbonyl (C=O) groups is 1. The Morgan fingerprint density at radius 1 is 1.14 bits per heavy atom. The molecule has 0 radical (unpaired) electrons. The van der Waals surface area contributed by atoms with Crippen LogP contribution in [0.2, 0.25) is 0 Å². The molecule has 0 saturated heterocycles. The van der Waals surface area contributed by atoms with Crippen LogP contribution in [0.1, 0.15) is 29.3 Å². The van der Waals surface area contributed by atoms with E-state index in [0.29, 0.717) is 5.56 Å². The third kappa shape index (κ3) is 5.30. The van der Waals surface area contributed by atoms with Crippen LogP contribution in [0.4, 0.5) is 11.4 Å². The van der Waals surface area contributed by atoms with E-state index in [0.717, 1.165) is 6.07 Å². The lowest BCUT2D eigenvalue weighted by atomic mass is 10.2. The van der Waals surface area contributed by atoms with Crippen molar-refractivity contribution in [2.75, 3.05) is 4.72 Å². The molecule has 0 bridgehead atoms. The molecule has 178 valence electrons. The predicted octanol–water partition coefficient (Wildman–Crippen LogP) is 3.76. The van der Waals surface area contributed by atoms with Gasteiger partial charge >= 0.3 is 5.97 Å². The summed E-state index contributed by atoms with van der Waals surface area (Å²) in [4.78, 5) is 31.0. The van der Waals surface area contributed by atoms with Crippen molar-refractivity contribution in [3.63, 3.8) is 0 Å². The predicted molar refractivity (Wildman–Crippen MR) is 122 cm³/mol. The number of hydrogen-bond acceptors (Lipinski definition) is 10. The van der Waals surface area contributed by atoms with E-state index in [1.165, 1.54) is 49.4 Å². The van der Waals surface area contributed by atoms with Crippen LogP contribution in [0.25, 0.3) is 11.4 Å². The van der Waals surface area contributed by atoms with E-state index >= 15 is 0 Å². The van der Waals surface area contributed by atoms with Gasteiger partial charge in [0, 0.05) is 30.1 Å². The van der Waals surface area contributed by atoms with Crippen molar-refractivity contribution in [3.05, 3.63) is 94.6 Å². The SMILES string of the molecule is CC(OC(=O)c1ccccc1NS(=O)(=O)c1cccc([N+](=O)[O-])c1)c1nc(-c2cccnc2)no1. The van der Waals surface area contributed by atoms with Gasteiger partial charge in [0.1, 0.15) is 0 Å². The molecule has 4 rings (SSSR count). The lowest BCUT2D eigenvalue weighted by molar-refractivity contribution is -0.385. The standard InChI is InChI=1S/C22H17N5O7S/c1-14(21-24-20(25-34-21)15-6-5-11-23-13-15)33-22(28)18-9-2-3-10-19(18)26-35(31,32)17-8-4-7-16(12-17)27(29)30/h2-14,26H,1H3. The van der Waals surface area contributed by atoms with Gasteiger partial charge in [-0.1, -0.05) is 23.4 Å². The molecule has 0 aliphatic carbocycles. The fourth-order valence-corrected chi connectivity index (χ4v) is 4.12. The molecule has 0 fully saturated rings. The van der Waals surface area contributed by atoms with Crippen molar-refractivity contribution >= 4 is 27.4 Å². The molecular weight excluding hydrogens is 478 g/mol. The van der Waals surface area contributed by atoms with E-state index in [4.69, 9.17) is 9.26 Å². The molecule has 2 aromatic heterocycles. The summed E-state index contributed by atoms with van der Waals surface area (Å²) < 4.78 is 38.5. The summed E-state index contributed by atoms with van der Waals surface area (Å²) in [7, 11) is -4.24. The van der Waals surface area contributed by atoms with Gasteiger partial charge in [0.25, 0.3) is 21.6 Å². The number of pyridine rings is 1. The third-order valence-electron chi connectivity index (χ3n) is 4.72. The van der Waals surface area contributed by atoms with Crippen LogP contribution in [0, 0.1) is 10.1 Å². The molecular formula is C22H17N5O7S. The number of non-ortho nitro benzene ring substituents is 1. The van der Waals surface area contributed by atoms with E-state index in [1.54, 1.807) is 24.5 Å². The van der Waals surface area contributed by atoms with Gasteiger partial charge in [-0.05, 0) is 37.3 Å². The molecule has 1 atom stereocenters. The third-order valence-corrected chi connectivity index (χ3v) is 6.09. The molecule has 0 aliphatic rings. The fraction of sp³-hybridized carbons (Fsp3) is 0.0909. The van der Waals surface area contributed by atoms with Gasteiger partial charge in [-0.3, -0.25) is 19.8 Å². The molecule has 2 aromatic carbocycles. The quantitative estimate of drug-likeness (QED) is 0.216. The normalized spacial score (nSPS) is 12.0. The second kappa shape index (κ2) is 9.69. The van der Waals surface area contributed by atoms with Crippen molar-refractivity contribution < 1.29 is 27.4 Å². The van der Waals surface area contributed by atoms with Crippen molar-refractivity contribution in [1.29, 1.82) is 0 Å². The molecule has 1 N–H and O–H groups in total. The van der Waals surface area contributed by atoms with Gasteiger partial charge in [0.05, 0.1) is 21.1 Å². The Kier molecular flexibility index (Phi) is 6.51. The minimum absolute atomic E-state index is 0.0341. The Hall–Kier alpha value is -4.65. The number of carbonyl (C=O) groups excluding carboxylic acids is 1. The molecule has 1 unspecified atom stereocenters. The first-order valence-corrected chi connectivity index (χ1v) is 11.5. The van der Waals surface area contributed by atoms with Gasteiger partial charge in [-0.2, -0.15) is 4.98 Å². The Morgan fingerprint density at radius 2 is 1.94 bits per heavy atom. The first-order valence-electron chi connectivity index (χ1n) is 10.1. The lowest BCUT2D eigenvalue weighted by Crippen LogP contribution is -2.17. The molecule has 4 aromatic rings. The number of nitro benzene ring substituents is 1. The van der Waals surface area contributed by atoms with E-state index in [-0.39, 0.29) is 33.5 Å². The average Bonchev–Trinajstić information content (AvgIpc) is 3.35. The Morgan fingerprint density at radius 3 is 2.69 bits per heavy atom. The van der Waals surface area contributed by atoms with Gasteiger partial charge < -0.3 is 9.26 Å². The summed E-state index contributed by atoms with van der Waals surface area (Å²) in [6.45, 7) is 1.52. The first-order chi connectivity index (χ1) is 16.7. The van der Waals surface area contributed by atoms with Gasteiger partial charge in [-0.15, -0.1) is 0 Å². The van der Waals surface area contributed by atoms with E-state index < -0.39 is 27.0 Å². The van der Waals surface area contributed by atoms with Gasteiger partial charge in [0.15, 0.2) is 6.10 Å². The largest absolute Gasteiger partial charge is 0.449 e. The van der Waals surface area contributed by atoms with Crippen molar-refractivity contribution in [2.45, 2.75) is 17.9 Å². The summed E-state index contributed by atoms with van der Waals surface area (Å²) in [5, 5.41) is 14.8. The number of para-hydroxylation sites is 1. The summed E-state index contributed by atoms with van der Waals surface area (Å²) in [5.74, 6) is -0.552. The molecule has 0 amide bonds. The van der Waals surface area contributed by atoms with Crippen molar-refractivity contribution in [2.24, 2.45) is 0 Å². The van der Waals surface area contributed by atoms with Crippen LogP contribution in [0.5, 0.6) is 0 Å². The Labute approximate surface area is 198 Å². The highest BCUT2D eigenvalue weighted by Crippen LogP contribution is 2.26. The number of esters is 1. The second-order valence-corrected chi connectivity index (χ2v) is 8.83. The average molecular weight is 495 g/mol. The van der Waals surface area contributed by atoms with Crippen LogP contribution in [-0.2, 0) is 14.8 Å². The van der Waals surface area contributed by atoms with E-state index in [1.807, 2.05) is 0 Å². The number of nitrogens with zero attached hydrogens (tertiary/aromatic N) is 4. The Bertz CT molecular complexity index is 1490. The summed E-state index contributed by atoms with van der Waals surface area (Å²) in [5.41, 5.74) is 0.0691. The molecule has 35 heavy (non-hydrogen) atoms. The van der Waals surface area contributed by atoms with Crippen LogP contribution >= 0.6 is 0 Å². The smallest absolute Gasteiger partial charge is 0.341 e. The Balaban J connectivity index is 1.53. The summed E-state index contributed by atoms with van der Waals surface area (Å²) in [6, 6.07) is 13.8. The number of aromatic nitrogens is 3. The van der Waals surface area contributed by atoms with Crippen LogP contribution in [0.15, 0.2) is 82.5 Å². The zero-order valence-electron chi connectivity index (χ0n) is 18.1. The van der Waals surface area contributed by atoms with Gasteiger partial charge in [0.2, 0.25) is 5.82 Å². The molecule has 0 spiro atoms. The molecule has 0 saturated carbocycles. The maximum absolute atomic E-state index is 12.8. The highest BCUT2D eigenvalue weighted by molar-refractivity contribution is 7.92. The maximum Gasteiger partial charge on any atom is 0.341 e. The zero-order chi connectivity index (χ0) is 25.0. The number of hydrogen-bond donors (Lipinski definition) is 1. The lowest BCUT2D eigenvalue weighted by Gasteiger charge is -2.14.